The zero-order chi connectivity index (χ0) is 25.0. The predicted molar refractivity (Wildman–Crippen MR) is 126 cm³/mol. The number of hydrogen-bond acceptors (Lipinski definition) is 6. The normalized spacial score (nSPS) is 17.5. The van der Waals surface area contributed by atoms with Crippen molar-refractivity contribution in [1.82, 2.24) is 9.80 Å². The molecule has 1 heterocycles. The van der Waals surface area contributed by atoms with Gasteiger partial charge in [0, 0.05) is 18.7 Å². The summed E-state index contributed by atoms with van der Waals surface area (Å²) in [5.41, 5.74) is 1.25. The Hall–Kier alpha value is -3.52. The number of aryl methyl sites for hydroxylation is 1. The van der Waals surface area contributed by atoms with Gasteiger partial charge < -0.3 is 19.6 Å². The number of ketones is 1. The fourth-order valence-electron chi connectivity index (χ4n) is 4.06. The van der Waals surface area contributed by atoms with Crippen molar-refractivity contribution in [2.75, 3.05) is 33.3 Å². The second kappa shape index (κ2) is 10.6. The number of ether oxygens (including phenoxy) is 1. The average molecular weight is 469 g/mol. The molecule has 0 saturated carbocycles. The van der Waals surface area contributed by atoms with Crippen LogP contribution in [0.5, 0.6) is 0 Å². The molecule has 8 heteroatoms. The van der Waals surface area contributed by atoms with Crippen LogP contribution < -0.4 is 0 Å². The molecule has 2 aromatic carbocycles. The molecule has 1 atom stereocenters. The first-order chi connectivity index (χ1) is 16.2. The summed E-state index contributed by atoms with van der Waals surface area (Å²) >= 11 is 0. The van der Waals surface area contributed by atoms with E-state index >= 15 is 0 Å². The first-order valence-electron chi connectivity index (χ1n) is 11.2. The SMILES string of the molecule is CCN(CC)CCN1C(=O)C(=O)/C(=C(\O)c2ccc(C)c(F)c2)C1c1ccc(C(=O)OC)cc1. The lowest BCUT2D eigenvalue weighted by Crippen LogP contribution is -2.38. The molecule has 0 radical (unpaired) electrons. The lowest BCUT2D eigenvalue weighted by Gasteiger charge is -2.28. The number of benzene rings is 2. The third-order valence-electron chi connectivity index (χ3n) is 6.18. The van der Waals surface area contributed by atoms with E-state index in [2.05, 4.69) is 4.90 Å². The molecule has 7 nitrogen and oxygen atoms in total. The van der Waals surface area contributed by atoms with Gasteiger partial charge in [0.1, 0.15) is 11.6 Å². The van der Waals surface area contributed by atoms with Gasteiger partial charge in [-0.2, -0.15) is 0 Å². The molecule has 2 aromatic rings. The van der Waals surface area contributed by atoms with Crippen molar-refractivity contribution in [3.05, 3.63) is 76.1 Å². The van der Waals surface area contributed by atoms with E-state index in [1.165, 1.54) is 36.3 Å². The van der Waals surface area contributed by atoms with Crippen LogP contribution in [0.25, 0.3) is 5.76 Å². The zero-order valence-electron chi connectivity index (χ0n) is 19.8. The van der Waals surface area contributed by atoms with Crippen LogP contribution in [0.3, 0.4) is 0 Å². The highest BCUT2D eigenvalue weighted by molar-refractivity contribution is 6.46. The highest BCUT2D eigenvalue weighted by Crippen LogP contribution is 2.39. The van der Waals surface area contributed by atoms with Crippen molar-refractivity contribution in [3.63, 3.8) is 0 Å². The van der Waals surface area contributed by atoms with E-state index in [-0.39, 0.29) is 17.7 Å². The Labute approximate surface area is 198 Å². The fourth-order valence-corrected chi connectivity index (χ4v) is 4.06. The van der Waals surface area contributed by atoms with Crippen molar-refractivity contribution in [1.29, 1.82) is 0 Å². The highest BCUT2D eigenvalue weighted by Gasteiger charge is 2.46. The number of methoxy groups -OCH3 is 1. The van der Waals surface area contributed by atoms with Gasteiger partial charge in [-0.3, -0.25) is 9.59 Å². The van der Waals surface area contributed by atoms with Gasteiger partial charge in [0.2, 0.25) is 0 Å². The first kappa shape index (κ1) is 25.1. The molecule has 0 aliphatic carbocycles. The quantitative estimate of drug-likeness (QED) is 0.275. The molecule has 0 spiro atoms. The largest absolute Gasteiger partial charge is 0.507 e. The molecule has 1 amide bonds. The molecule has 34 heavy (non-hydrogen) atoms. The minimum absolute atomic E-state index is 0.112. The maximum atomic E-state index is 14.2. The van der Waals surface area contributed by atoms with Crippen LogP contribution in [0.2, 0.25) is 0 Å². The Balaban J connectivity index is 2.11. The monoisotopic (exact) mass is 468 g/mol. The molecule has 1 aliphatic rings. The Bertz CT molecular complexity index is 1120. The van der Waals surface area contributed by atoms with Crippen molar-refractivity contribution in [2.24, 2.45) is 0 Å². The Kier molecular flexibility index (Phi) is 7.83. The van der Waals surface area contributed by atoms with Crippen molar-refractivity contribution >= 4 is 23.4 Å². The molecular formula is C26H29FN2O5. The van der Waals surface area contributed by atoms with Gasteiger partial charge in [0.15, 0.2) is 0 Å². The standard InChI is InChI=1S/C26H29FN2O5/c1-5-28(6-2)13-14-29-22(17-9-11-18(12-10-17)26(33)34-4)21(24(31)25(29)32)23(30)19-8-7-16(3)20(27)15-19/h7-12,15,22,30H,5-6,13-14H2,1-4H3/b23-21-. The maximum absolute atomic E-state index is 14.2. The minimum atomic E-state index is -0.883. The van der Waals surface area contributed by atoms with E-state index in [4.69, 9.17) is 4.74 Å². The first-order valence-corrected chi connectivity index (χ1v) is 11.2. The predicted octanol–water partition coefficient (Wildman–Crippen LogP) is 3.68. The van der Waals surface area contributed by atoms with Gasteiger partial charge in [-0.25, -0.2) is 9.18 Å². The van der Waals surface area contributed by atoms with Gasteiger partial charge in [-0.1, -0.05) is 38.1 Å². The Morgan fingerprint density at radius 3 is 2.26 bits per heavy atom. The number of halogens is 1. The Morgan fingerprint density at radius 2 is 1.71 bits per heavy atom. The fraction of sp³-hybridized carbons (Fsp3) is 0.346. The number of carbonyl (C=O) groups is 3. The third-order valence-corrected chi connectivity index (χ3v) is 6.18. The van der Waals surface area contributed by atoms with Gasteiger partial charge >= 0.3 is 5.97 Å². The number of rotatable bonds is 8. The molecule has 0 bridgehead atoms. The number of nitrogens with zero attached hydrogens (tertiary/aromatic N) is 2. The minimum Gasteiger partial charge on any atom is -0.507 e. The van der Waals surface area contributed by atoms with Gasteiger partial charge in [0.25, 0.3) is 11.7 Å². The van der Waals surface area contributed by atoms with E-state index in [9.17, 15) is 23.9 Å². The summed E-state index contributed by atoms with van der Waals surface area (Å²) in [5.74, 6) is -3.05. The van der Waals surface area contributed by atoms with E-state index in [0.717, 1.165) is 19.2 Å². The summed E-state index contributed by atoms with van der Waals surface area (Å²) in [6, 6.07) is 9.59. The van der Waals surface area contributed by atoms with Crippen molar-refractivity contribution in [2.45, 2.75) is 26.8 Å². The topological polar surface area (TPSA) is 87.2 Å². The molecule has 1 fully saturated rings. The summed E-state index contributed by atoms with van der Waals surface area (Å²) in [7, 11) is 1.28. The summed E-state index contributed by atoms with van der Waals surface area (Å²) < 4.78 is 18.9. The third kappa shape index (κ3) is 4.87. The van der Waals surface area contributed by atoms with E-state index in [1.54, 1.807) is 19.1 Å². The van der Waals surface area contributed by atoms with E-state index in [0.29, 0.717) is 23.2 Å². The van der Waals surface area contributed by atoms with Crippen LogP contribution in [0.15, 0.2) is 48.0 Å². The van der Waals surface area contributed by atoms with Crippen LogP contribution >= 0.6 is 0 Å². The van der Waals surface area contributed by atoms with Gasteiger partial charge in [-0.15, -0.1) is 0 Å². The number of amides is 1. The summed E-state index contributed by atoms with van der Waals surface area (Å²) in [4.78, 5) is 41.5. The molecule has 1 aliphatic heterocycles. The summed E-state index contributed by atoms with van der Waals surface area (Å²) in [6.07, 6.45) is 0. The number of hydrogen-bond donors (Lipinski definition) is 1. The number of esters is 1. The Morgan fingerprint density at radius 1 is 1.09 bits per heavy atom. The average Bonchev–Trinajstić information content (AvgIpc) is 3.10. The van der Waals surface area contributed by atoms with Gasteiger partial charge in [0.05, 0.1) is 24.3 Å². The van der Waals surface area contributed by atoms with E-state index in [1.807, 2.05) is 13.8 Å². The smallest absolute Gasteiger partial charge is 0.337 e. The van der Waals surface area contributed by atoms with Crippen LogP contribution in [0.1, 0.15) is 46.9 Å². The number of aliphatic hydroxyl groups is 1. The van der Waals surface area contributed by atoms with Crippen LogP contribution in [-0.4, -0.2) is 65.9 Å². The lowest BCUT2D eigenvalue weighted by molar-refractivity contribution is -0.140. The second-order valence-electron chi connectivity index (χ2n) is 8.10. The number of carbonyl (C=O) groups excluding carboxylic acids is 3. The molecule has 1 N–H and O–H groups in total. The number of likely N-dealkylation sites (N-methyl/N-ethyl adjacent to an activating group) is 1. The highest BCUT2D eigenvalue weighted by atomic mass is 19.1. The number of likely N-dealkylation sites (tertiary alicyclic amines) is 1. The van der Waals surface area contributed by atoms with Crippen molar-refractivity contribution in [3.8, 4) is 0 Å². The molecule has 180 valence electrons. The number of Topliss-reactive ketones (excluding diaryl/α,β-unsaturated/α-hetero) is 1. The van der Waals surface area contributed by atoms with Crippen molar-refractivity contribution < 1.29 is 28.6 Å². The molecule has 3 rings (SSSR count). The summed E-state index contributed by atoms with van der Waals surface area (Å²) in [5, 5.41) is 11.1. The zero-order valence-corrected chi connectivity index (χ0v) is 19.8. The van der Waals surface area contributed by atoms with Crippen LogP contribution in [-0.2, 0) is 14.3 Å². The maximum Gasteiger partial charge on any atom is 0.337 e. The lowest BCUT2D eigenvalue weighted by atomic mass is 9.94. The molecule has 1 saturated heterocycles. The van der Waals surface area contributed by atoms with Crippen LogP contribution in [0.4, 0.5) is 4.39 Å². The second-order valence-corrected chi connectivity index (χ2v) is 8.10. The molecular weight excluding hydrogens is 439 g/mol. The summed E-state index contributed by atoms with van der Waals surface area (Å²) in [6.45, 7) is 7.96. The van der Waals surface area contributed by atoms with Gasteiger partial charge in [-0.05, 0) is 49.3 Å². The van der Waals surface area contributed by atoms with E-state index < -0.39 is 35.3 Å². The number of aliphatic hydroxyl groups excluding tert-OH is 1. The molecule has 1 unspecified atom stereocenters. The van der Waals surface area contributed by atoms with Crippen LogP contribution in [0, 0.1) is 12.7 Å². The molecule has 0 aromatic heterocycles.